The first kappa shape index (κ1) is 21.6. The first-order valence-corrected chi connectivity index (χ1v) is 13.8. The van der Waals surface area contributed by atoms with Gasteiger partial charge in [0.1, 0.15) is 5.92 Å². The number of benzene rings is 2. The molecule has 0 N–H and O–H groups in total. The van der Waals surface area contributed by atoms with Crippen molar-refractivity contribution in [3.8, 4) is 0 Å². The number of anilines is 2. The largest absolute Gasteiger partial charge is 0.308 e. The summed E-state index contributed by atoms with van der Waals surface area (Å²) in [6.07, 6.45) is 8.80. The highest BCUT2D eigenvalue weighted by Crippen LogP contribution is 2.63. The quantitative estimate of drug-likeness (QED) is 0.536. The number of hydrogen-bond acceptors (Lipinski definition) is 2. The molecule has 6 aliphatic rings. The number of para-hydroxylation sites is 2. The second-order valence-corrected chi connectivity index (χ2v) is 12.5. The van der Waals surface area contributed by atoms with E-state index in [1.54, 1.807) is 0 Å². The number of carbonyl (C=O) groups excluding carboxylic acids is 2. The van der Waals surface area contributed by atoms with Crippen molar-refractivity contribution >= 4 is 23.2 Å². The van der Waals surface area contributed by atoms with Gasteiger partial charge in [-0.05, 0) is 112 Å². The summed E-state index contributed by atoms with van der Waals surface area (Å²) in [5.74, 6) is 1.61. The number of rotatable bonds is 3. The summed E-state index contributed by atoms with van der Waals surface area (Å²) in [6, 6.07) is 16.8. The molecule has 2 aromatic carbocycles. The fourth-order valence-corrected chi connectivity index (χ4v) is 9.24. The molecule has 4 aliphatic carbocycles. The maximum Gasteiger partial charge on any atom is 0.240 e. The van der Waals surface area contributed by atoms with Gasteiger partial charge in [0.2, 0.25) is 11.8 Å². The van der Waals surface area contributed by atoms with Crippen molar-refractivity contribution in [1.82, 2.24) is 0 Å². The summed E-state index contributed by atoms with van der Waals surface area (Å²) in [6.45, 7) is 4.29. The van der Waals surface area contributed by atoms with Gasteiger partial charge in [-0.25, -0.2) is 0 Å². The molecule has 4 fully saturated rings. The molecule has 0 unspecified atom stereocenters. The van der Waals surface area contributed by atoms with Gasteiger partial charge >= 0.3 is 0 Å². The Kier molecular flexibility index (Phi) is 4.75. The first-order chi connectivity index (χ1) is 16.9. The summed E-state index contributed by atoms with van der Waals surface area (Å²) in [5.41, 5.74) is 4.30. The van der Waals surface area contributed by atoms with Crippen LogP contribution in [-0.2, 0) is 22.4 Å². The zero-order valence-electron chi connectivity index (χ0n) is 21.0. The molecule has 35 heavy (non-hydrogen) atoms. The zero-order chi connectivity index (χ0) is 23.9. The van der Waals surface area contributed by atoms with Crippen molar-refractivity contribution in [1.29, 1.82) is 0 Å². The van der Waals surface area contributed by atoms with E-state index < -0.39 is 5.92 Å². The lowest BCUT2D eigenvalue weighted by Gasteiger charge is -2.59. The van der Waals surface area contributed by atoms with Crippen molar-refractivity contribution < 1.29 is 9.59 Å². The number of hydrogen-bond donors (Lipinski definition) is 0. The van der Waals surface area contributed by atoms with Crippen LogP contribution in [0.3, 0.4) is 0 Å². The minimum absolute atomic E-state index is 0.0611. The molecule has 2 heterocycles. The topological polar surface area (TPSA) is 40.6 Å². The van der Waals surface area contributed by atoms with E-state index in [0.717, 1.165) is 43.5 Å². The highest BCUT2D eigenvalue weighted by molar-refractivity contribution is 6.14. The van der Waals surface area contributed by atoms with E-state index in [4.69, 9.17) is 0 Å². The third-order valence-electron chi connectivity index (χ3n) is 10.1. The van der Waals surface area contributed by atoms with Crippen molar-refractivity contribution in [2.75, 3.05) is 9.80 Å². The van der Waals surface area contributed by atoms with Crippen LogP contribution in [0.2, 0.25) is 0 Å². The lowest BCUT2D eigenvalue weighted by atomic mass is 9.46. The van der Waals surface area contributed by atoms with E-state index in [2.05, 4.69) is 50.2 Å². The van der Waals surface area contributed by atoms with E-state index in [1.165, 1.54) is 30.4 Å². The molecule has 4 bridgehead atoms. The smallest absolute Gasteiger partial charge is 0.240 e. The average Bonchev–Trinajstić information content (AvgIpc) is 3.32. The summed E-state index contributed by atoms with van der Waals surface area (Å²) < 4.78 is 0. The molecule has 2 amide bonds. The van der Waals surface area contributed by atoms with Crippen LogP contribution >= 0.6 is 0 Å². The van der Waals surface area contributed by atoms with Crippen molar-refractivity contribution in [2.45, 2.75) is 77.3 Å². The average molecular weight is 469 g/mol. The van der Waals surface area contributed by atoms with E-state index in [1.807, 2.05) is 21.9 Å². The zero-order valence-corrected chi connectivity index (χ0v) is 21.0. The number of amides is 2. The van der Waals surface area contributed by atoms with Gasteiger partial charge in [-0.15, -0.1) is 0 Å². The Morgan fingerprint density at radius 1 is 0.714 bits per heavy atom. The standard InChI is InChI=1S/C31H36N2O2/c1-19-11-24-7-3-5-9-26(24)32(19)29(34)28(31-16-21-13-22(17-31)15-23(14-21)18-31)30(35)33-20(2)12-25-8-4-6-10-27(25)33/h3-10,19-23,28H,11-18H2,1-2H3/t19-,20-,21?,22?,23?,31?/m0/s1. The molecule has 4 nitrogen and oxygen atoms in total. The third-order valence-corrected chi connectivity index (χ3v) is 10.1. The van der Waals surface area contributed by atoms with E-state index in [9.17, 15) is 9.59 Å². The molecule has 0 aromatic heterocycles. The van der Waals surface area contributed by atoms with Crippen LogP contribution in [0.5, 0.6) is 0 Å². The fraction of sp³-hybridized carbons (Fsp3) is 0.548. The first-order valence-electron chi connectivity index (χ1n) is 13.8. The number of carbonyl (C=O) groups is 2. The lowest BCUT2D eigenvalue weighted by molar-refractivity contribution is -0.150. The van der Waals surface area contributed by atoms with E-state index in [-0.39, 0.29) is 29.3 Å². The van der Waals surface area contributed by atoms with Gasteiger partial charge in [-0.3, -0.25) is 9.59 Å². The van der Waals surface area contributed by atoms with Gasteiger partial charge in [0.25, 0.3) is 0 Å². The molecule has 182 valence electrons. The highest BCUT2D eigenvalue weighted by atomic mass is 16.2. The van der Waals surface area contributed by atoms with Gasteiger partial charge in [-0.2, -0.15) is 0 Å². The Morgan fingerprint density at radius 2 is 1.11 bits per heavy atom. The van der Waals surface area contributed by atoms with Crippen LogP contribution in [0.25, 0.3) is 0 Å². The Bertz CT molecular complexity index is 1100. The lowest BCUT2D eigenvalue weighted by Crippen LogP contribution is -2.59. The minimum Gasteiger partial charge on any atom is -0.308 e. The molecule has 4 heteroatoms. The Hall–Kier alpha value is -2.62. The summed E-state index contributed by atoms with van der Waals surface area (Å²) >= 11 is 0. The molecule has 0 spiro atoms. The van der Waals surface area contributed by atoms with Crippen LogP contribution in [0.4, 0.5) is 11.4 Å². The van der Waals surface area contributed by atoms with Crippen LogP contribution in [0.15, 0.2) is 48.5 Å². The van der Waals surface area contributed by atoms with Crippen LogP contribution in [0.1, 0.15) is 63.5 Å². The predicted octanol–water partition coefficient (Wildman–Crippen LogP) is 5.77. The Balaban J connectivity index is 1.33. The fourth-order valence-electron chi connectivity index (χ4n) is 9.24. The van der Waals surface area contributed by atoms with E-state index in [0.29, 0.717) is 17.8 Å². The highest BCUT2D eigenvalue weighted by Gasteiger charge is 2.60. The molecule has 4 saturated carbocycles. The summed E-state index contributed by atoms with van der Waals surface area (Å²) in [5, 5.41) is 0. The maximum absolute atomic E-state index is 14.7. The van der Waals surface area contributed by atoms with Gasteiger partial charge in [0.15, 0.2) is 0 Å². The monoisotopic (exact) mass is 468 g/mol. The van der Waals surface area contributed by atoms with Crippen LogP contribution in [0, 0.1) is 29.1 Å². The van der Waals surface area contributed by atoms with E-state index >= 15 is 0 Å². The maximum atomic E-state index is 14.7. The van der Waals surface area contributed by atoms with Crippen LogP contribution < -0.4 is 9.80 Å². The normalized spacial score (nSPS) is 34.4. The van der Waals surface area contributed by atoms with Gasteiger partial charge in [0, 0.05) is 23.5 Å². The second kappa shape index (κ2) is 7.69. The number of fused-ring (bicyclic) bond motifs is 2. The van der Waals surface area contributed by atoms with Crippen molar-refractivity contribution in [3.05, 3.63) is 59.7 Å². The molecule has 0 radical (unpaired) electrons. The van der Waals surface area contributed by atoms with Gasteiger partial charge in [-0.1, -0.05) is 36.4 Å². The van der Waals surface area contributed by atoms with Crippen molar-refractivity contribution in [2.24, 2.45) is 29.1 Å². The Labute approximate surface area is 208 Å². The molecule has 2 atom stereocenters. The predicted molar refractivity (Wildman–Crippen MR) is 138 cm³/mol. The molecule has 2 aromatic rings. The minimum atomic E-state index is -0.585. The molecule has 8 rings (SSSR count). The van der Waals surface area contributed by atoms with Crippen LogP contribution in [-0.4, -0.2) is 23.9 Å². The number of nitrogens with zero attached hydrogens (tertiary/aromatic N) is 2. The van der Waals surface area contributed by atoms with Gasteiger partial charge in [0.05, 0.1) is 0 Å². The van der Waals surface area contributed by atoms with Crippen molar-refractivity contribution in [3.63, 3.8) is 0 Å². The van der Waals surface area contributed by atoms with Gasteiger partial charge < -0.3 is 9.80 Å². The second-order valence-electron chi connectivity index (χ2n) is 12.5. The molecule has 2 aliphatic heterocycles. The summed E-state index contributed by atoms with van der Waals surface area (Å²) in [4.78, 5) is 33.5. The third kappa shape index (κ3) is 3.17. The molecular formula is C31H36N2O2. The molecular weight excluding hydrogens is 432 g/mol. The summed E-state index contributed by atoms with van der Waals surface area (Å²) in [7, 11) is 0. The SMILES string of the molecule is C[C@H]1Cc2ccccc2N1C(=O)C(C(=O)N1c2ccccc2C[C@@H]1C)C12CC3CC(CC(C3)C1)C2. The Morgan fingerprint density at radius 3 is 1.54 bits per heavy atom. The molecule has 0 saturated heterocycles.